The zero-order valence-electron chi connectivity index (χ0n) is 11.7. The van der Waals surface area contributed by atoms with Crippen molar-refractivity contribution in [3.63, 3.8) is 0 Å². The highest BCUT2D eigenvalue weighted by molar-refractivity contribution is 6.17. The summed E-state index contributed by atoms with van der Waals surface area (Å²) in [6.45, 7) is 6.30. The van der Waals surface area contributed by atoms with Gasteiger partial charge in [-0.1, -0.05) is 26.2 Å². The first-order chi connectivity index (χ1) is 8.65. The van der Waals surface area contributed by atoms with Gasteiger partial charge in [-0.15, -0.1) is 11.6 Å². The van der Waals surface area contributed by atoms with Gasteiger partial charge in [-0.05, 0) is 38.3 Å². The Hall–Kier alpha value is -0.760. The number of unbranched alkanes of at least 4 members (excludes halogenated alkanes) is 3. The van der Waals surface area contributed by atoms with Gasteiger partial charge in [0.05, 0.1) is 6.10 Å². The molecule has 1 unspecified atom stereocenters. The van der Waals surface area contributed by atoms with Crippen LogP contribution in [0.15, 0.2) is 12.1 Å². The Morgan fingerprint density at radius 3 is 2.72 bits per heavy atom. The average Bonchev–Trinajstić information content (AvgIpc) is 2.34. The fourth-order valence-corrected chi connectivity index (χ4v) is 2.12. The molecule has 0 spiro atoms. The molecule has 0 aromatic carbocycles. The molecule has 102 valence electrons. The Morgan fingerprint density at radius 2 is 2.06 bits per heavy atom. The Bertz CT molecular complexity index is 354. The van der Waals surface area contributed by atoms with Crippen LogP contribution in [0.2, 0.25) is 0 Å². The van der Waals surface area contributed by atoms with Crippen molar-refractivity contribution in [3.8, 4) is 5.88 Å². The smallest absolute Gasteiger partial charge is 0.214 e. The maximum absolute atomic E-state index is 5.85. The van der Waals surface area contributed by atoms with Crippen LogP contribution in [0.3, 0.4) is 0 Å². The molecule has 0 N–H and O–H groups in total. The van der Waals surface area contributed by atoms with Gasteiger partial charge >= 0.3 is 0 Å². The third-order valence-electron chi connectivity index (χ3n) is 2.93. The predicted molar refractivity (Wildman–Crippen MR) is 77.4 cm³/mol. The lowest BCUT2D eigenvalue weighted by Gasteiger charge is -2.14. The normalized spacial score (nSPS) is 12.4. The van der Waals surface area contributed by atoms with Crippen LogP contribution in [-0.2, 0) is 5.88 Å². The molecule has 0 amide bonds. The summed E-state index contributed by atoms with van der Waals surface area (Å²) in [4.78, 5) is 4.39. The lowest BCUT2D eigenvalue weighted by atomic mass is 10.1. The highest BCUT2D eigenvalue weighted by atomic mass is 35.5. The minimum Gasteiger partial charge on any atom is -0.475 e. The van der Waals surface area contributed by atoms with Gasteiger partial charge in [-0.25, -0.2) is 4.98 Å². The van der Waals surface area contributed by atoms with Crippen LogP contribution in [-0.4, -0.2) is 11.1 Å². The molecule has 0 radical (unpaired) electrons. The summed E-state index contributed by atoms with van der Waals surface area (Å²) in [6.07, 6.45) is 6.41. The second-order valence-electron chi connectivity index (χ2n) is 4.87. The predicted octanol–water partition coefficient (Wildman–Crippen LogP) is 4.87. The van der Waals surface area contributed by atoms with E-state index in [-0.39, 0.29) is 6.10 Å². The summed E-state index contributed by atoms with van der Waals surface area (Å²) in [7, 11) is 0. The van der Waals surface area contributed by atoms with Crippen molar-refractivity contribution in [2.24, 2.45) is 0 Å². The van der Waals surface area contributed by atoms with Gasteiger partial charge in [-0.2, -0.15) is 0 Å². The SMILES string of the molecule is CCCCCCC(C)Oc1cc(CCl)cc(C)n1. The standard InChI is InChI=1S/C15H24ClNO/c1-4-5-6-7-8-13(3)18-15-10-14(11-16)9-12(2)17-15/h9-10,13H,4-8,11H2,1-3H3. The molecular weight excluding hydrogens is 246 g/mol. The molecule has 0 bridgehead atoms. The van der Waals surface area contributed by atoms with Crippen LogP contribution in [0.1, 0.15) is 57.2 Å². The van der Waals surface area contributed by atoms with Crippen LogP contribution < -0.4 is 4.74 Å². The van der Waals surface area contributed by atoms with Gasteiger partial charge in [0.1, 0.15) is 0 Å². The van der Waals surface area contributed by atoms with Crippen molar-refractivity contribution in [1.82, 2.24) is 4.98 Å². The maximum Gasteiger partial charge on any atom is 0.214 e. The van der Waals surface area contributed by atoms with Crippen LogP contribution in [0.25, 0.3) is 0 Å². The van der Waals surface area contributed by atoms with Crippen molar-refractivity contribution in [3.05, 3.63) is 23.4 Å². The Morgan fingerprint density at radius 1 is 1.28 bits per heavy atom. The van der Waals surface area contributed by atoms with Crippen molar-refractivity contribution in [2.45, 2.75) is 64.9 Å². The number of nitrogens with zero attached hydrogens (tertiary/aromatic N) is 1. The van der Waals surface area contributed by atoms with E-state index in [9.17, 15) is 0 Å². The number of rotatable bonds is 8. The van der Waals surface area contributed by atoms with E-state index >= 15 is 0 Å². The molecule has 0 aliphatic heterocycles. The number of halogens is 1. The quantitative estimate of drug-likeness (QED) is 0.496. The number of ether oxygens (including phenoxy) is 1. The van der Waals surface area contributed by atoms with E-state index in [1.165, 1.54) is 25.7 Å². The molecule has 2 nitrogen and oxygen atoms in total. The van der Waals surface area contributed by atoms with E-state index in [0.29, 0.717) is 11.8 Å². The topological polar surface area (TPSA) is 22.1 Å². The second kappa shape index (κ2) is 8.36. The minimum atomic E-state index is 0.222. The highest BCUT2D eigenvalue weighted by Gasteiger charge is 2.06. The van der Waals surface area contributed by atoms with Crippen LogP contribution >= 0.6 is 11.6 Å². The molecule has 18 heavy (non-hydrogen) atoms. The number of alkyl halides is 1. The first-order valence-corrected chi connectivity index (χ1v) is 7.39. The molecule has 1 atom stereocenters. The number of aromatic nitrogens is 1. The lowest BCUT2D eigenvalue weighted by Crippen LogP contribution is -2.12. The molecule has 1 heterocycles. The third-order valence-corrected chi connectivity index (χ3v) is 3.24. The monoisotopic (exact) mass is 269 g/mol. The average molecular weight is 270 g/mol. The maximum atomic E-state index is 5.85. The lowest BCUT2D eigenvalue weighted by molar-refractivity contribution is 0.198. The van der Waals surface area contributed by atoms with Crippen molar-refractivity contribution >= 4 is 11.6 Å². The molecule has 1 aromatic rings. The number of hydrogen-bond acceptors (Lipinski definition) is 2. The summed E-state index contributed by atoms with van der Waals surface area (Å²) in [5, 5.41) is 0. The Kier molecular flexibility index (Phi) is 7.11. The highest BCUT2D eigenvalue weighted by Crippen LogP contribution is 2.17. The number of hydrogen-bond donors (Lipinski definition) is 0. The van der Waals surface area contributed by atoms with Gasteiger partial charge in [0.2, 0.25) is 5.88 Å². The largest absolute Gasteiger partial charge is 0.475 e. The van der Waals surface area contributed by atoms with Crippen LogP contribution in [0.5, 0.6) is 5.88 Å². The van der Waals surface area contributed by atoms with Crippen molar-refractivity contribution in [1.29, 1.82) is 0 Å². The van der Waals surface area contributed by atoms with E-state index in [4.69, 9.17) is 16.3 Å². The summed E-state index contributed by atoms with van der Waals surface area (Å²) >= 11 is 5.84. The first-order valence-electron chi connectivity index (χ1n) is 6.86. The molecule has 0 saturated carbocycles. The molecule has 0 aliphatic rings. The third kappa shape index (κ3) is 5.72. The molecule has 0 saturated heterocycles. The van der Waals surface area contributed by atoms with Crippen LogP contribution in [0, 0.1) is 6.92 Å². The zero-order chi connectivity index (χ0) is 13.4. The second-order valence-corrected chi connectivity index (χ2v) is 5.13. The van der Waals surface area contributed by atoms with Gasteiger partial charge in [-0.3, -0.25) is 0 Å². The molecule has 3 heteroatoms. The van der Waals surface area contributed by atoms with E-state index < -0.39 is 0 Å². The zero-order valence-corrected chi connectivity index (χ0v) is 12.5. The van der Waals surface area contributed by atoms with Gasteiger partial charge in [0, 0.05) is 17.6 Å². The van der Waals surface area contributed by atoms with E-state index in [1.807, 2.05) is 19.1 Å². The number of pyridine rings is 1. The fraction of sp³-hybridized carbons (Fsp3) is 0.667. The van der Waals surface area contributed by atoms with E-state index in [2.05, 4.69) is 18.8 Å². The first kappa shape index (κ1) is 15.3. The fourth-order valence-electron chi connectivity index (χ4n) is 1.97. The Balaban J connectivity index is 2.43. The summed E-state index contributed by atoms with van der Waals surface area (Å²) in [5.74, 6) is 1.21. The molecule has 0 fully saturated rings. The van der Waals surface area contributed by atoms with Gasteiger partial charge in [0.25, 0.3) is 0 Å². The molecule has 1 rings (SSSR count). The van der Waals surface area contributed by atoms with Gasteiger partial charge in [0.15, 0.2) is 0 Å². The van der Waals surface area contributed by atoms with Gasteiger partial charge < -0.3 is 4.74 Å². The number of aryl methyl sites for hydroxylation is 1. The summed E-state index contributed by atoms with van der Waals surface area (Å²) in [6, 6.07) is 3.92. The molecule has 0 aliphatic carbocycles. The van der Waals surface area contributed by atoms with E-state index in [1.54, 1.807) is 0 Å². The van der Waals surface area contributed by atoms with Crippen molar-refractivity contribution in [2.75, 3.05) is 0 Å². The molecular formula is C15H24ClNO. The van der Waals surface area contributed by atoms with Crippen molar-refractivity contribution < 1.29 is 4.74 Å². The Labute approximate surface area is 116 Å². The molecule has 1 aromatic heterocycles. The summed E-state index contributed by atoms with van der Waals surface area (Å²) < 4.78 is 5.85. The summed E-state index contributed by atoms with van der Waals surface area (Å²) in [5.41, 5.74) is 2.03. The van der Waals surface area contributed by atoms with Crippen LogP contribution in [0.4, 0.5) is 0 Å². The minimum absolute atomic E-state index is 0.222. The van der Waals surface area contributed by atoms with E-state index in [0.717, 1.165) is 17.7 Å².